The molecule has 0 aliphatic rings. The second-order valence-corrected chi connectivity index (χ2v) is 5.75. The summed E-state index contributed by atoms with van der Waals surface area (Å²) in [7, 11) is 0. The highest BCUT2D eigenvalue weighted by molar-refractivity contribution is 5.71. The quantitative estimate of drug-likeness (QED) is 0.497. The van der Waals surface area contributed by atoms with E-state index in [2.05, 4.69) is 52.7 Å². The van der Waals surface area contributed by atoms with E-state index in [1.54, 1.807) is 0 Å². The molecule has 8 heteroatoms. The zero-order valence-corrected chi connectivity index (χ0v) is 14.8. The van der Waals surface area contributed by atoms with E-state index in [9.17, 15) is 0 Å². The summed E-state index contributed by atoms with van der Waals surface area (Å²) in [4.78, 5) is 23.8. The molecule has 0 amide bonds. The van der Waals surface area contributed by atoms with Crippen molar-refractivity contribution in [3.05, 3.63) is 85.0 Å². The zero-order chi connectivity index (χ0) is 19.0. The second-order valence-electron chi connectivity index (χ2n) is 5.75. The number of hydrogen-bond acceptors (Lipinski definition) is 8. The van der Waals surface area contributed by atoms with Crippen LogP contribution < -0.4 is 10.6 Å². The van der Waals surface area contributed by atoms with Crippen molar-refractivity contribution in [2.75, 3.05) is 10.6 Å². The molecule has 0 fully saturated rings. The van der Waals surface area contributed by atoms with E-state index in [-0.39, 0.29) is 0 Å². The lowest BCUT2D eigenvalue weighted by Crippen LogP contribution is -1.96. The molecule has 0 saturated carbocycles. The zero-order valence-electron chi connectivity index (χ0n) is 14.8. The van der Waals surface area contributed by atoms with Crippen LogP contribution in [0.25, 0.3) is 12.2 Å². The van der Waals surface area contributed by atoms with Crippen molar-refractivity contribution < 1.29 is 0 Å². The van der Waals surface area contributed by atoms with Crippen LogP contribution in [0.15, 0.2) is 73.8 Å². The molecule has 136 valence electrons. The Kier molecular flexibility index (Phi) is 5.20. The maximum atomic E-state index is 4.04. The molecule has 8 nitrogen and oxygen atoms in total. The minimum atomic E-state index is 0.518. The Labute approximate surface area is 161 Å². The Balaban J connectivity index is 1.37. The molecule has 0 atom stereocenters. The van der Waals surface area contributed by atoms with E-state index in [1.165, 1.54) is 25.3 Å². The van der Waals surface area contributed by atoms with Gasteiger partial charge in [-0.05, 0) is 35.4 Å². The Morgan fingerprint density at radius 1 is 0.500 bits per heavy atom. The van der Waals surface area contributed by atoms with Crippen LogP contribution in [0.3, 0.4) is 0 Å². The van der Waals surface area contributed by atoms with Crippen LogP contribution in [0.4, 0.5) is 23.3 Å². The average Bonchev–Trinajstić information content (AvgIpc) is 2.76. The Hall–Kier alpha value is -4.20. The fourth-order valence-electron chi connectivity index (χ4n) is 2.41. The molecule has 4 aromatic rings. The standard InChI is InChI=1S/C20H16N8/c1(15-3-7-17(8-4-15)27-19-23-11-21-12-24-19)2-16-5-9-18(10-6-16)28-20-25-13-22-14-26-20/h1-14H,(H,21,23,24,27)(H,22,25,26,28). The highest BCUT2D eigenvalue weighted by atomic mass is 15.1. The lowest BCUT2D eigenvalue weighted by atomic mass is 10.1. The SMILES string of the molecule is C(=Cc1ccc(Nc2ncncn2)cc1)c1ccc(Nc2ncncn2)cc1. The highest BCUT2D eigenvalue weighted by Crippen LogP contribution is 2.17. The van der Waals surface area contributed by atoms with Crippen molar-refractivity contribution in [2.24, 2.45) is 0 Å². The molecule has 0 spiro atoms. The van der Waals surface area contributed by atoms with E-state index in [0.717, 1.165) is 22.5 Å². The summed E-state index contributed by atoms with van der Waals surface area (Å²) in [5.74, 6) is 1.04. The first kappa shape index (κ1) is 17.2. The van der Waals surface area contributed by atoms with Gasteiger partial charge in [0.05, 0.1) is 0 Å². The molecule has 2 N–H and O–H groups in total. The van der Waals surface area contributed by atoms with Gasteiger partial charge < -0.3 is 10.6 Å². The van der Waals surface area contributed by atoms with E-state index < -0.39 is 0 Å². The number of hydrogen-bond donors (Lipinski definition) is 2. The summed E-state index contributed by atoms with van der Waals surface area (Å²) in [6, 6.07) is 16.0. The van der Waals surface area contributed by atoms with E-state index in [1.807, 2.05) is 48.5 Å². The minimum absolute atomic E-state index is 0.518. The normalized spacial score (nSPS) is 10.7. The number of nitrogens with one attached hydrogen (secondary N) is 2. The average molecular weight is 368 g/mol. The van der Waals surface area contributed by atoms with E-state index >= 15 is 0 Å². The summed E-state index contributed by atoms with van der Waals surface area (Å²) in [5.41, 5.74) is 4.01. The molecule has 0 unspecified atom stereocenters. The highest BCUT2D eigenvalue weighted by Gasteiger charge is 1.98. The molecule has 0 saturated heterocycles. The van der Waals surface area contributed by atoms with Gasteiger partial charge in [0.15, 0.2) is 0 Å². The minimum Gasteiger partial charge on any atom is -0.324 e. The van der Waals surface area contributed by atoms with Gasteiger partial charge in [0.1, 0.15) is 25.3 Å². The van der Waals surface area contributed by atoms with Gasteiger partial charge in [-0.1, -0.05) is 36.4 Å². The van der Waals surface area contributed by atoms with Gasteiger partial charge in [0.25, 0.3) is 0 Å². The third kappa shape index (κ3) is 4.70. The van der Waals surface area contributed by atoms with Crippen LogP contribution in [-0.2, 0) is 0 Å². The summed E-state index contributed by atoms with van der Waals surface area (Å²) >= 11 is 0. The van der Waals surface area contributed by atoms with E-state index in [0.29, 0.717) is 11.9 Å². The van der Waals surface area contributed by atoms with Crippen LogP contribution >= 0.6 is 0 Å². The topological polar surface area (TPSA) is 101 Å². The largest absolute Gasteiger partial charge is 0.324 e. The molecule has 0 aliphatic carbocycles. The summed E-state index contributed by atoms with van der Waals surface area (Å²) in [6.45, 7) is 0. The molecular formula is C20H16N8. The first-order chi connectivity index (χ1) is 13.8. The number of rotatable bonds is 6. The van der Waals surface area contributed by atoms with Gasteiger partial charge in [-0.25, -0.2) is 29.9 Å². The smallest absolute Gasteiger partial charge is 0.230 e. The second kappa shape index (κ2) is 8.45. The van der Waals surface area contributed by atoms with Gasteiger partial charge in [-0.3, -0.25) is 0 Å². The van der Waals surface area contributed by atoms with Gasteiger partial charge in [-0.15, -0.1) is 0 Å². The third-order valence-electron chi connectivity index (χ3n) is 3.79. The summed E-state index contributed by atoms with van der Waals surface area (Å²) in [5, 5.41) is 6.25. The van der Waals surface area contributed by atoms with Crippen molar-refractivity contribution in [3.63, 3.8) is 0 Å². The fourth-order valence-corrected chi connectivity index (χ4v) is 2.41. The van der Waals surface area contributed by atoms with Crippen LogP contribution in [0.1, 0.15) is 11.1 Å². The monoisotopic (exact) mass is 368 g/mol. The maximum absolute atomic E-state index is 4.04. The number of aromatic nitrogens is 6. The predicted molar refractivity (Wildman–Crippen MR) is 108 cm³/mol. The van der Waals surface area contributed by atoms with Gasteiger partial charge in [-0.2, -0.15) is 0 Å². The number of anilines is 4. The van der Waals surface area contributed by atoms with Crippen LogP contribution in [0, 0.1) is 0 Å². The van der Waals surface area contributed by atoms with Crippen molar-refractivity contribution >= 4 is 35.4 Å². The van der Waals surface area contributed by atoms with Crippen molar-refractivity contribution in [3.8, 4) is 0 Å². The Morgan fingerprint density at radius 3 is 1.21 bits per heavy atom. The molecule has 2 heterocycles. The first-order valence-electron chi connectivity index (χ1n) is 8.51. The van der Waals surface area contributed by atoms with Crippen molar-refractivity contribution in [1.82, 2.24) is 29.9 Å². The Bertz CT molecular complexity index is 946. The van der Waals surface area contributed by atoms with Crippen LogP contribution in [-0.4, -0.2) is 29.9 Å². The Morgan fingerprint density at radius 2 is 0.857 bits per heavy atom. The molecule has 0 radical (unpaired) electrons. The van der Waals surface area contributed by atoms with E-state index in [4.69, 9.17) is 0 Å². The first-order valence-corrected chi connectivity index (χ1v) is 8.51. The molecule has 2 aromatic carbocycles. The molecule has 0 bridgehead atoms. The van der Waals surface area contributed by atoms with Crippen molar-refractivity contribution in [2.45, 2.75) is 0 Å². The number of benzene rings is 2. The molecule has 0 aliphatic heterocycles. The lowest BCUT2D eigenvalue weighted by Gasteiger charge is -2.04. The fraction of sp³-hybridized carbons (Fsp3) is 0. The predicted octanol–water partition coefficient (Wildman–Crippen LogP) is 3.71. The molecule has 2 aromatic heterocycles. The van der Waals surface area contributed by atoms with Gasteiger partial charge in [0.2, 0.25) is 11.9 Å². The van der Waals surface area contributed by atoms with Gasteiger partial charge in [0, 0.05) is 11.4 Å². The summed E-state index contributed by atoms with van der Waals surface area (Å²) in [6.07, 6.45) is 9.94. The van der Waals surface area contributed by atoms with Crippen LogP contribution in [0.2, 0.25) is 0 Å². The third-order valence-corrected chi connectivity index (χ3v) is 3.79. The van der Waals surface area contributed by atoms with Crippen LogP contribution in [0.5, 0.6) is 0 Å². The molecule has 4 rings (SSSR count). The van der Waals surface area contributed by atoms with Gasteiger partial charge >= 0.3 is 0 Å². The number of nitrogens with zero attached hydrogens (tertiary/aromatic N) is 6. The molecular weight excluding hydrogens is 352 g/mol. The summed E-state index contributed by atoms with van der Waals surface area (Å²) < 4.78 is 0. The van der Waals surface area contributed by atoms with Crippen molar-refractivity contribution in [1.29, 1.82) is 0 Å². The molecule has 28 heavy (non-hydrogen) atoms. The lowest BCUT2D eigenvalue weighted by molar-refractivity contribution is 1.05. The maximum Gasteiger partial charge on any atom is 0.230 e.